The number of aromatic nitrogens is 1. The predicted octanol–water partition coefficient (Wildman–Crippen LogP) is 3.90. The number of nitrogens with zero attached hydrogens (tertiary/aromatic N) is 3. The highest BCUT2D eigenvalue weighted by Crippen LogP contribution is 2.29. The Labute approximate surface area is 198 Å². The maximum Gasteiger partial charge on any atom is 0.223 e. The zero-order chi connectivity index (χ0) is 22.5. The molecule has 176 valence electrons. The first-order valence-electron chi connectivity index (χ1n) is 12.8. The molecule has 0 saturated carbocycles. The molecule has 5 rings (SSSR count). The largest absolute Gasteiger partial charge is 0.376 e. The molecular formula is C28H37N3O2. The van der Waals surface area contributed by atoms with Crippen molar-refractivity contribution >= 4 is 5.91 Å². The smallest absolute Gasteiger partial charge is 0.223 e. The minimum absolute atomic E-state index is 0.209. The molecule has 1 aromatic heterocycles. The Balaban J connectivity index is 1.14. The third-order valence-corrected chi connectivity index (χ3v) is 7.80. The van der Waals surface area contributed by atoms with E-state index in [-0.39, 0.29) is 12.0 Å². The van der Waals surface area contributed by atoms with Crippen molar-refractivity contribution in [3.63, 3.8) is 0 Å². The van der Waals surface area contributed by atoms with E-state index in [1.54, 1.807) is 6.20 Å². The van der Waals surface area contributed by atoms with E-state index in [2.05, 4.69) is 39.0 Å². The number of pyridine rings is 1. The molecule has 3 aliphatic rings. The molecule has 1 amide bonds. The van der Waals surface area contributed by atoms with Crippen LogP contribution in [0.15, 0.2) is 48.7 Å². The van der Waals surface area contributed by atoms with Crippen molar-refractivity contribution in [1.29, 1.82) is 0 Å². The van der Waals surface area contributed by atoms with Crippen LogP contribution < -0.4 is 0 Å². The van der Waals surface area contributed by atoms with Gasteiger partial charge in [-0.1, -0.05) is 30.3 Å². The second kappa shape index (κ2) is 10.8. The van der Waals surface area contributed by atoms with Gasteiger partial charge in [0, 0.05) is 44.0 Å². The molecule has 1 aliphatic carbocycles. The molecule has 5 nitrogen and oxygen atoms in total. The van der Waals surface area contributed by atoms with Gasteiger partial charge in [0.1, 0.15) is 0 Å². The van der Waals surface area contributed by atoms with Crippen LogP contribution >= 0.6 is 0 Å². The van der Waals surface area contributed by atoms with E-state index in [4.69, 9.17) is 4.74 Å². The molecule has 1 aromatic carbocycles. The number of rotatable bonds is 8. The molecule has 2 fully saturated rings. The second-order valence-corrected chi connectivity index (χ2v) is 10.1. The van der Waals surface area contributed by atoms with Crippen molar-refractivity contribution in [1.82, 2.24) is 14.8 Å². The molecule has 1 unspecified atom stereocenters. The van der Waals surface area contributed by atoms with Gasteiger partial charge in [-0.3, -0.25) is 14.7 Å². The van der Waals surface area contributed by atoms with E-state index < -0.39 is 0 Å². The zero-order valence-corrected chi connectivity index (χ0v) is 19.7. The summed E-state index contributed by atoms with van der Waals surface area (Å²) in [6.45, 7) is 4.76. The van der Waals surface area contributed by atoms with Crippen LogP contribution in [0.5, 0.6) is 0 Å². The number of aryl methyl sites for hydroxylation is 1. The zero-order valence-electron chi connectivity index (χ0n) is 19.7. The van der Waals surface area contributed by atoms with Crippen molar-refractivity contribution in [3.8, 4) is 0 Å². The molecular weight excluding hydrogens is 410 g/mol. The molecule has 2 saturated heterocycles. The fraction of sp³-hybridized carbons (Fsp3) is 0.571. The van der Waals surface area contributed by atoms with E-state index >= 15 is 0 Å². The van der Waals surface area contributed by atoms with E-state index in [9.17, 15) is 4.79 Å². The third-order valence-electron chi connectivity index (χ3n) is 7.80. The van der Waals surface area contributed by atoms with E-state index in [0.29, 0.717) is 24.8 Å². The van der Waals surface area contributed by atoms with Crippen molar-refractivity contribution in [2.24, 2.45) is 5.92 Å². The SMILES string of the molecule is O=C(CCc1ccccn1)N(CC1CCN(C2Cc3ccccc3C2)CC1)CC1CCCO1. The van der Waals surface area contributed by atoms with Crippen LogP contribution in [0.25, 0.3) is 0 Å². The van der Waals surface area contributed by atoms with Crippen molar-refractivity contribution in [3.05, 3.63) is 65.5 Å². The summed E-state index contributed by atoms with van der Waals surface area (Å²) < 4.78 is 5.89. The molecule has 0 radical (unpaired) electrons. The number of hydrogen-bond acceptors (Lipinski definition) is 4. The third kappa shape index (κ3) is 5.82. The van der Waals surface area contributed by atoms with Crippen LogP contribution in [0, 0.1) is 5.92 Å². The lowest BCUT2D eigenvalue weighted by Crippen LogP contribution is -2.46. The number of piperidine rings is 1. The molecule has 0 bridgehead atoms. The summed E-state index contributed by atoms with van der Waals surface area (Å²) in [6, 6.07) is 15.5. The Bertz CT molecular complexity index is 879. The Morgan fingerprint density at radius 3 is 2.42 bits per heavy atom. The van der Waals surface area contributed by atoms with Crippen LogP contribution in [0.1, 0.15) is 48.9 Å². The highest BCUT2D eigenvalue weighted by Gasteiger charge is 2.31. The highest BCUT2D eigenvalue weighted by molar-refractivity contribution is 5.76. The first-order valence-corrected chi connectivity index (χ1v) is 12.8. The maximum absolute atomic E-state index is 13.2. The fourth-order valence-corrected chi connectivity index (χ4v) is 5.86. The van der Waals surface area contributed by atoms with Crippen LogP contribution in [0.2, 0.25) is 0 Å². The second-order valence-electron chi connectivity index (χ2n) is 10.1. The number of hydrogen-bond donors (Lipinski definition) is 0. The average Bonchev–Trinajstić information content (AvgIpc) is 3.53. The Kier molecular flexibility index (Phi) is 7.37. The van der Waals surface area contributed by atoms with Crippen molar-refractivity contribution < 1.29 is 9.53 Å². The lowest BCUT2D eigenvalue weighted by atomic mass is 9.94. The topological polar surface area (TPSA) is 45.7 Å². The first-order chi connectivity index (χ1) is 16.2. The molecule has 0 spiro atoms. The van der Waals surface area contributed by atoms with Crippen LogP contribution in [-0.4, -0.2) is 65.6 Å². The van der Waals surface area contributed by atoms with Gasteiger partial charge in [-0.2, -0.15) is 0 Å². The number of benzene rings is 1. The monoisotopic (exact) mass is 447 g/mol. The summed E-state index contributed by atoms with van der Waals surface area (Å²) in [4.78, 5) is 22.4. The minimum Gasteiger partial charge on any atom is -0.376 e. The summed E-state index contributed by atoms with van der Waals surface area (Å²) >= 11 is 0. The maximum atomic E-state index is 13.2. The molecule has 3 heterocycles. The van der Waals surface area contributed by atoms with Crippen molar-refractivity contribution in [2.45, 2.75) is 63.5 Å². The number of carbonyl (C=O) groups excluding carboxylic acids is 1. The number of fused-ring (bicyclic) bond motifs is 1. The van der Waals surface area contributed by atoms with Gasteiger partial charge < -0.3 is 9.64 Å². The van der Waals surface area contributed by atoms with Crippen molar-refractivity contribution in [2.75, 3.05) is 32.8 Å². The van der Waals surface area contributed by atoms with Gasteiger partial charge >= 0.3 is 0 Å². The Hall–Kier alpha value is -2.24. The van der Waals surface area contributed by atoms with Gasteiger partial charge in [-0.25, -0.2) is 0 Å². The summed E-state index contributed by atoms with van der Waals surface area (Å²) in [5.41, 5.74) is 4.06. The quantitative estimate of drug-likeness (QED) is 0.616. The normalized spacial score (nSPS) is 21.9. The van der Waals surface area contributed by atoms with E-state index in [1.165, 1.54) is 36.8 Å². The Morgan fingerprint density at radius 2 is 1.76 bits per heavy atom. The van der Waals surface area contributed by atoms with E-state index in [0.717, 1.165) is 51.3 Å². The summed E-state index contributed by atoms with van der Waals surface area (Å²) in [6.07, 6.45) is 10.2. The number of carbonyl (C=O) groups is 1. The van der Waals surface area contributed by atoms with Crippen LogP contribution in [-0.2, 0) is 28.8 Å². The lowest BCUT2D eigenvalue weighted by molar-refractivity contribution is -0.133. The predicted molar refractivity (Wildman–Crippen MR) is 130 cm³/mol. The molecule has 2 aromatic rings. The van der Waals surface area contributed by atoms with Gasteiger partial charge in [-0.15, -0.1) is 0 Å². The van der Waals surface area contributed by atoms with E-state index in [1.807, 2.05) is 18.2 Å². The first kappa shape index (κ1) is 22.5. The van der Waals surface area contributed by atoms with Gasteiger partial charge in [0.15, 0.2) is 0 Å². The molecule has 1 atom stereocenters. The van der Waals surface area contributed by atoms with Gasteiger partial charge in [0.25, 0.3) is 0 Å². The fourth-order valence-electron chi connectivity index (χ4n) is 5.86. The van der Waals surface area contributed by atoms with Gasteiger partial charge in [-0.05, 0) is 87.2 Å². The average molecular weight is 448 g/mol. The number of amides is 1. The Morgan fingerprint density at radius 1 is 1.00 bits per heavy atom. The highest BCUT2D eigenvalue weighted by atomic mass is 16.5. The van der Waals surface area contributed by atoms with Crippen LogP contribution in [0.3, 0.4) is 0 Å². The molecule has 0 N–H and O–H groups in total. The lowest BCUT2D eigenvalue weighted by Gasteiger charge is -2.38. The summed E-state index contributed by atoms with van der Waals surface area (Å²) in [7, 11) is 0. The number of likely N-dealkylation sites (tertiary alicyclic amines) is 1. The van der Waals surface area contributed by atoms with Gasteiger partial charge in [0.05, 0.1) is 6.10 Å². The molecule has 5 heteroatoms. The minimum atomic E-state index is 0.209. The summed E-state index contributed by atoms with van der Waals surface area (Å²) in [5.74, 6) is 0.843. The number of ether oxygens (including phenoxy) is 1. The van der Waals surface area contributed by atoms with Gasteiger partial charge in [0.2, 0.25) is 5.91 Å². The van der Waals surface area contributed by atoms with Crippen LogP contribution in [0.4, 0.5) is 0 Å². The summed E-state index contributed by atoms with van der Waals surface area (Å²) in [5, 5.41) is 0. The molecule has 33 heavy (non-hydrogen) atoms. The standard InChI is InChI=1S/C28H37N3O2/c32-28(11-10-25-8-3-4-14-29-25)31(21-27-9-5-17-33-27)20-22-12-15-30(16-13-22)26-18-23-6-1-2-7-24(23)19-26/h1-4,6-8,14,22,26-27H,5,9-13,15-21H2. The molecule has 2 aliphatic heterocycles.